The van der Waals surface area contributed by atoms with Crippen molar-refractivity contribution in [1.29, 1.82) is 0 Å². The number of nitrogens with one attached hydrogen (secondary N) is 1. The van der Waals surface area contributed by atoms with Crippen LogP contribution in [-0.4, -0.2) is 20.9 Å². The summed E-state index contributed by atoms with van der Waals surface area (Å²) in [6, 6.07) is 11.4. The zero-order valence-electron chi connectivity index (χ0n) is 11.5. The molecule has 0 fully saturated rings. The maximum absolute atomic E-state index is 12.4. The second kappa shape index (κ2) is 6.85. The minimum Gasteiger partial charge on any atom is -0.343 e. The van der Waals surface area contributed by atoms with E-state index in [1.54, 1.807) is 17.2 Å². The Morgan fingerprint density at radius 1 is 1.27 bits per heavy atom. The summed E-state index contributed by atoms with van der Waals surface area (Å²) < 4.78 is 0.910. The molecule has 112 valence electrons. The number of amides is 1. The highest BCUT2D eigenvalue weighted by molar-refractivity contribution is 9.10. The Morgan fingerprint density at radius 2 is 2.00 bits per heavy atom. The van der Waals surface area contributed by atoms with Crippen molar-refractivity contribution < 1.29 is 4.79 Å². The third-order valence-electron chi connectivity index (χ3n) is 3.11. The number of thiophene rings is 1. The predicted octanol–water partition coefficient (Wildman–Crippen LogP) is 3.27. The molecule has 0 aliphatic heterocycles. The van der Waals surface area contributed by atoms with E-state index >= 15 is 0 Å². The average molecular weight is 377 g/mol. The minimum atomic E-state index is -0.193. The molecule has 1 unspecified atom stereocenters. The van der Waals surface area contributed by atoms with E-state index < -0.39 is 0 Å². The van der Waals surface area contributed by atoms with Crippen molar-refractivity contribution in [2.75, 3.05) is 0 Å². The van der Waals surface area contributed by atoms with Crippen molar-refractivity contribution in [1.82, 2.24) is 20.3 Å². The second-order valence-corrected chi connectivity index (χ2v) is 6.48. The van der Waals surface area contributed by atoms with E-state index in [9.17, 15) is 4.79 Å². The van der Waals surface area contributed by atoms with Crippen LogP contribution >= 0.6 is 27.3 Å². The molecule has 3 aromatic rings. The van der Waals surface area contributed by atoms with Crippen molar-refractivity contribution in [2.45, 2.75) is 12.6 Å². The van der Waals surface area contributed by atoms with E-state index in [1.807, 2.05) is 41.8 Å². The number of aromatic nitrogens is 3. The van der Waals surface area contributed by atoms with Crippen LogP contribution in [0.3, 0.4) is 0 Å². The topological polar surface area (TPSA) is 59.8 Å². The lowest BCUT2D eigenvalue weighted by atomic mass is 10.1. The van der Waals surface area contributed by atoms with Crippen molar-refractivity contribution in [3.05, 3.63) is 69.1 Å². The summed E-state index contributed by atoms with van der Waals surface area (Å²) in [5, 5.41) is 13.2. The largest absolute Gasteiger partial charge is 0.343 e. The van der Waals surface area contributed by atoms with Gasteiger partial charge in [-0.3, -0.25) is 4.79 Å². The number of nitrogens with zero attached hydrogens (tertiary/aromatic N) is 3. The first-order valence-corrected chi connectivity index (χ1v) is 8.33. The quantitative estimate of drug-likeness (QED) is 0.743. The van der Waals surface area contributed by atoms with Gasteiger partial charge in [0.15, 0.2) is 0 Å². The summed E-state index contributed by atoms with van der Waals surface area (Å²) in [7, 11) is 0. The second-order valence-electron chi connectivity index (χ2n) is 4.65. The van der Waals surface area contributed by atoms with Crippen molar-refractivity contribution in [2.24, 2.45) is 0 Å². The predicted molar refractivity (Wildman–Crippen MR) is 88.7 cm³/mol. The molecule has 0 spiro atoms. The molecule has 1 N–H and O–H groups in total. The molecule has 0 aliphatic carbocycles. The lowest BCUT2D eigenvalue weighted by molar-refractivity contribution is 0.0935. The van der Waals surface area contributed by atoms with Gasteiger partial charge < -0.3 is 5.32 Å². The summed E-state index contributed by atoms with van der Waals surface area (Å²) in [6.45, 7) is 0.481. The zero-order chi connectivity index (χ0) is 15.4. The van der Waals surface area contributed by atoms with Crippen molar-refractivity contribution >= 4 is 33.2 Å². The maximum atomic E-state index is 12.4. The van der Waals surface area contributed by atoms with Gasteiger partial charge in [0.05, 0.1) is 29.9 Å². The van der Waals surface area contributed by atoms with Crippen LogP contribution in [0.1, 0.15) is 21.3 Å². The van der Waals surface area contributed by atoms with Gasteiger partial charge in [0.2, 0.25) is 0 Å². The molecular weight excluding hydrogens is 364 g/mol. The number of hydrogen-bond donors (Lipinski definition) is 1. The molecule has 0 radical (unpaired) electrons. The summed E-state index contributed by atoms with van der Waals surface area (Å²) in [5.41, 5.74) is 1.02. The molecule has 7 heteroatoms. The number of benzene rings is 1. The van der Waals surface area contributed by atoms with Crippen LogP contribution in [0.2, 0.25) is 0 Å². The number of halogens is 1. The van der Waals surface area contributed by atoms with Crippen LogP contribution in [0, 0.1) is 0 Å². The van der Waals surface area contributed by atoms with Gasteiger partial charge in [-0.2, -0.15) is 15.0 Å². The van der Waals surface area contributed by atoms with Gasteiger partial charge in [0.1, 0.15) is 0 Å². The molecule has 22 heavy (non-hydrogen) atoms. The molecule has 1 aromatic carbocycles. The van der Waals surface area contributed by atoms with Crippen LogP contribution < -0.4 is 5.32 Å². The Balaban J connectivity index is 1.80. The highest BCUT2D eigenvalue weighted by Gasteiger charge is 2.18. The third kappa shape index (κ3) is 3.61. The number of carbonyl (C=O) groups is 1. The fourth-order valence-electron chi connectivity index (χ4n) is 2.08. The summed E-state index contributed by atoms with van der Waals surface area (Å²) in [6.07, 6.45) is 3.25. The average Bonchev–Trinajstić information content (AvgIpc) is 3.19. The Bertz CT molecular complexity index is 742. The van der Waals surface area contributed by atoms with E-state index in [2.05, 4.69) is 31.4 Å². The molecule has 1 atom stereocenters. The number of rotatable bonds is 5. The smallest absolute Gasteiger partial charge is 0.261 e. The third-order valence-corrected chi connectivity index (χ3v) is 4.80. The first-order valence-electron chi connectivity index (χ1n) is 6.66. The SMILES string of the molecule is O=C(NC(Cn1nccn1)c1ccccc1)c1cc(Br)cs1. The fourth-order valence-corrected chi connectivity index (χ4v) is 3.41. The molecule has 3 rings (SSSR count). The number of carbonyl (C=O) groups excluding carboxylic acids is 1. The first kappa shape index (κ1) is 14.9. The highest BCUT2D eigenvalue weighted by atomic mass is 79.9. The van der Waals surface area contributed by atoms with E-state index in [4.69, 9.17) is 0 Å². The van der Waals surface area contributed by atoms with Crippen LogP contribution in [0.15, 0.2) is 58.6 Å². The lowest BCUT2D eigenvalue weighted by Gasteiger charge is -2.18. The Hall–Kier alpha value is -1.99. The zero-order valence-corrected chi connectivity index (χ0v) is 13.9. The monoisotopic (exact) mass is 376 g/mol. The summed E-state index contributed by atoms with van der Waals surface area (Å²) in [4.78, 5) is 14.6. The first-order chi connectivity index (χ1) is 10.7. The van der Waals surface area contributed by atoms with Gasteiger partial charge in [-0.25, -0.2) is 0 Å². The van der Waals surface area contributed by atoms with Crippen LogP contribution in [0.5, 0.6) is 0 Å². The van der Waals surface area contributed by atoms with E-state index in [0.717, 1.165) is 10.0 Å². The standard InChI is InChI=1S/C15H13BrN4OS/c16-12-8-14(22-10-12)15(21)19-13(9-20-17-6-7-18-20)11-4-2-1-3-5-11/h1-8,10,13H,9H2,(H,19,21). The lowest BCUT2D eigenvalue weighted by Crippen LogP contribution is -2.31. The van der Waals surface area contributed by atoms with E-state index in [0.29, 0.717) is 11.4 Å². The van der Waals surface area contributed by atoms with Gasteiger partial charge in [0.25, 0.3) is 5.91 Å². The normalized spacial score (nSPS) is 12.0. The number of hydrogen-bond acceptors (Lipinski definition) is 4. The fraction of sp³-hybridized carbons (Fsp3) is 0.133. The highest BCUT2D eigenvalue weighted by Crippen LogP contribution is 2.21. The molecule has 0 bridgehead atoms. The van der Waals surface area contributed by atoms with Gasteiger partial charge in [-0.1, -0.05) is 30.3 Å². The molecule has 0 saturated heterocycles. The Kier molecular flexibility index (Phi) is 4.65. The van der Waals surface area contributed by atoms with Gasteiger partial charge in [-0.15, -0.1) is 11.3 Å². The molecule has 0 aliphatic rings. The van der Waals surface area contributed by atoms with Crippen LogP contribution in [-0.2, 0) is 6.54 Å². The molecule has 0 saturated carbocycles. The van der Waals surface area contributed by atoms with Crippen molar-refractivity contribution in [3.63, 3.8) is 0 Å². The molecule has 2 heterocycles. The Labute approximate surface area is 140 Å². The molecule has 2 aromatic heterocycles. The van der Waals surface area contributed by atoms with Crippen LogP contribution in [0.4, 0.5) is 0 Å². The summed E-state index contributed by atoms with van der Waals surface area (Å²) >= 11 is 4.77. The van der Waals surface area contributed by atoms with E-state index in [1.165, 1.54) is 11.3 Å². The Morgan fingerprint density at radius 3 is 2.64 bits per heavy atom. The molecular formula is C15H13BrN4OS. The summed E-state index contributed by atoms with van der Waals surface area (Å²) in [5.74, 6) is -0.100. The van der Waals surface area contributed by atoms with Crippen molar-refractivity contribution in [3.8, 4) is 0 Å². The maximum Gasteiger partial charge on any atom is 0.261 e. The van der Waals surface area contributed by atoms with Gasteiger partial charge in [0, 0.05) is 9.85 Å². The van der Waals surface area contributed by atoms with E-state index in [-0.39, 0.29) is 11.9 Å². The molecule has 1 amide bonds. The van der Waals surface area contributed by atoms with Gasteiger partial charge >= 0.3 is 0 Å². The van der Waals surface area contributed by atoms with Gasteiger partial charge in [-0.05, 0) is 27.6 Å². The van der Waals surface area contributed by atoms with Crippen LogP contribution in [0.25, 0.3) is 0 Å². The molecule has 5 nitrogen and oxygen atoms in total. The minimum absolute atomic E-state index is 0.100.